The van der Waals surface area contributed by atoms with Crippen LogP contribution in [0.4, 0.5) is 66.7 Å². The number of hydrogen-bond acceptors (Lipinski definition) is 18. The van der Waals surface area contributed by atoms with E-state index >= 15 is 0 Å². The van der Waals surface area contributed by atoms with Gasteiger partial charge in [0.15, 0.2) is 11.4 Å². The summed E-state index contributed by atoms with van der Waals surface area (Å²) in [4.78, 5) is 101. The van der Waals surface area contributed by atoms with E-state index in [1.807, 2.05) is 4.98 Å². The highest BCUT2D eigenvalue weighted by Crippen LogP contribution is 2.46. The number of benzene rings is 2. The number of rotatable bonds is 13. The van der Waals surface area contributed by atoms with Gasteiger partial charge in [0, 0.05) is 13.1 Å². The van der Waals surface area contributed by atoms with Crippen LogP contribution in [0.25, 0.3) is 4.85 Å². The Kier molecular flexibility index (Phi) is 13.8. The van der Waals surface area contributed by atoms with Gasteiger partial charge in [-0.3, -0.25) is 19.1 Å². The van der Waals surface area contributed by atoms with E-state index in [2.05, 4.69) is 45.6 Å². The molecular formula is C37H21F6N13O13. The largest absolute Gasteiger partial charge is 0.502 e. The summed E-state index contributed by atoms with van der Waals surface area (Å²) in [6.45, 7) is 6.50. The highest BCUT2D eigenvalue weighted by atomic mass is 19.4. The van der Waals surface area contributed by atoms with E-state index in [-0.39, 0.29) is 9.13 Å². The van der Waals surface area contributed by atoms with Crippen LogP contribution in [-0.2, 0) is 18.9 Å². The molecule has 5 rings (SSSR count). The maximum absolute atomic E-state index is 14.4. The van der Waals surface area contributed by atoms with Crippen LogP contribution in [-0.4, -0.2) is 91.0 Å². The van der Waals surface area contributed by atoms with Crippen LogP contribution in [0.3, 0.4) is 0 Å². The lowest BCUT2D eigenvalue weighted by Crippen LogP contribution is -2.28. The Bertz CT molecular complexity index is 3400. The molecule has 0 atom stereocenters. The zero-order valence-corrected chi connectivity index (χ0v) is 33.6. The SMILES string of the molecule is [C-]#[N+]c1c(C(F)(F)F)c(N=Nc2cc(C(=O)O)ccc2C(=O)O)c(=O)n(C(C)=Nc2nc(NCCn3c(O)c(C#N)c(C(F)(F)F)c(N=Nc4cc(C(=O)O)ccc4C(=O)O)c3=O)nc(=O)[nH]2)c1O. The number of nitriles is 1. The van der Waals surface area contributed by atoms with Gasteiger partial charge >= 0.3 is 41.9 Å². The third kappa shape index (κ3) is 10.4. The molecule has 2 aromatic carbocycles. The summed E-state index contributed by atoms with van der Waals surface area (Å²) in [5.74, 6) is -12.5. The van der Waals surface area contributed by atoms with Gasteiger partial charge in [0.25, 0.3) is 16.8 Å². The standard InChI is InChI=1S/C37H21F6N13O13/c1-12(56-27(59)22(45-2)21(37(41,42)43)24(28(56)60)54-52-19-10-14(30(63)64)4-6-16(19)32(67)68)47-34-48-33(49-35(69)50-34)46-7-8-55-25(57)17(11-44)20(36(38,39)40)23(26(55)58)53-51-18-9-13(29(61)62)3-5-15(18)31(65)66/h3-6,9-10,57,59H,7-8H2,1H3,(H,61,62)(H,63,64)(H,65,66)(H,67,68)(H2,46,48,49,50,69). The van der Waals surface area contributed by atoms with Crippen molar-refractivity contribution in [2.75, 3.05) is 11.9 Å². The van der Waals surface area contributed by atoms with Crippen molar-refractivity contribution >= 4 is 70.0 Å². The van der Waals surface area contributed by atoms with Crippen molar-refractivity contribution in [2.24, 2.45) is 25.4 Å². The predicted molar refractivity (Wildman–Crippen MR) is 214 cm³/mol. The number of alkyl halides is 6. The van der Waals surface area contributed by atoms with Crippen LogP contribution in [0, 0.1) is 17.9 Å². The van der Waals surface area contributed by atoms with Gasteiger partial charge in [-0.1, -0.05) is 0 Å². The summed E-state index contributed by atoms with van der Waals surface area (Å²) in [6.07, 6.45) is -11.2. The smallest absolute Gasteiger partial charge is 0.420 e. The van der Waals surface area contributed by atoms with Crippen LogP contribution in [0.15, 0.2) is 76.2 Å². The Labute approximate surface area is 374 Å². The molecule has 8 N–H and O–H groups in total. The Hall–Kier alpha value is -10.1. The van der Waals surface area contributed by atoms with Crippen molar-refractivity contribution in [1.29, 1.82) is 5.26 Å². The highest BCUT2D eigenvalue weighted by molar-refractivity contribution is 5.98. The van der Waals surface area contributed by atoms with Crippen LogP contribution in [0.1, 0.15) is 65.0 Å². The molecule has 0 unspecified atom stereocenters. The molecule has 0 spiro atoms. The van der Waals surface area contributed by atoms with Crippen molar-refractivity contribution in [3.63, 3.8) is 0 Å². The Balaban J connectivity index is 1.56. The number of nitrogens with zero attached hydrogens (tertiary/aromatic N) is 11. The number of anilines is 1. The van der Waals surface area contributed by atoms with E-state index in [1.54, 1.807) is 0 Å². The quantitative estimate of drug-likeness (QED) is 0.0231. The lowest BCUT2D eigenvalue weighted by Gasteiger charge is -2.17. The number of H-pyrrole nitrogens is 1. The lowest BCUT2D eigenvalue weighted by molar-refractivity contribution is -0.138. The number of aliphatic imine (C=N–C) groups is 1. The second-order valence-electron chi connectivity index (χ2n) is 13.1. The molecule has 0 aliphatic heterocycles. The number of halogens is 6. The van der Waals surface area contributed by atoms with Crippen molar-refractivity contribution in [3.05, 3.63) is 118 Å². The normalized spacial score (nSPS) is 11.9. The Morgan fingerprint density at radius 1 is 0.783 bits per heavy atom. The number of aromatic amines is 1. The number of aromatic carboxylic acids is 4. The fourth-order valence-electron chi connectivity index (χ4n) is 5.84. The molecule has 0 saturated carbocycles. The highest BCUT2D eigenvalue weighted by Gasteiger charge is 2.42. The van der Waals surface area contributed by atoms with Crippen molar-refractivity contribution in [2.45, 2.75) is 25.8 Å². The second kappa shape index (κ2) is 19.1. The molecule has 0 aliphatic carbocycles. The topological polar surface area (TPSA) is 394 Å². The minimum absolute atomic E-state index is 0.0386. The van der Waals surface area contributed by atoms with E-state index in [0.717, 1.165) is 37.3 Å². The first-order valence-corrected chi connectivity index (χ1v) is 18.0. The number of hydrogen-bond donors (Lipinski definition) is 8. The van der Waals surface area contributed by atoms with Gasteiger partial charge in [-0.25, -0.2) is 33.4 Å². The summed E-state index contributed by atoms with van der Waals surface area (Å²) < 4.78 is 86.1. The molecule has 0 fully saturated rings. The number of nitrogens with one attached hydrogen (secondary N) is 2. The van der Waals surface area contributed by atoms with Crippen molar-refractivity contribution < 1.29 is 76.2 Å². The van der Waals surface area contributed by atoms with Crippen LogP contribution in [0.2, 0.25) is 0 Å². The number of carbonyl (C=O) groups is 4. The number of carboxylic acids is 4. The van der Waals surface area contributed by atoms with E-state index in [1.165, 1.54) is 0 Å². The van der Waals surface area contributed by atoms with Crippen molar-refractivity contribution in [1.82, 2.24) is 24.1 Å². The third-order valence-corrected chi connectivity index (χ3v) is 8.82. The van der Waals surface area contributed by atoms with E-state index in [0.29, 0.717) is 12.1 Å². The van der Waals surface area contributed by atoms with Gasteiger partial charge in [0.1, 0.15) is 34.4 Å². The van der Waals surface area contributed by atoms with Gasteiger partial charge in [0.05, 0.1) is 34.4 Å². The molecule has 3 aromatic heterocycles. The average molecular weight is 970 g/mol. The Morgan fingerprint density at radius 3 is 1.74 bits per heavy atom. The van der Waals surface area contributed by atoms with Gasteiger partial charge < -0.3 is 36.0 Å². The fraction of sp³-hybridized carbons (Fsp3) is 0.135. The van der Waals surface area contributed by atoms with E-state index in [9.17, 15) is 95.8 Å². The molecule has 0 aliphatic rings. The fourth-order valence-corrected chi connectivity index (χ4v) is 5.84. The lowest BCUT2D eigenvalue weighted by atomic mass is 10.1. The summed E-state index contributed by atoms with van der Waals surface area (Å²) in [5, 5.41) is 84.0. The van der Waals surface area contributed by atoms with Crippen LogP contribution < -0.4 is 22.1 Å². The zero-order chi connectivity index (χ0) is 51.4. The minimum Gasteiger partial charge on any atom is -0.502 e. The summed E-state index contributed by atoms with van der Waals surface area (Å²) in [5.41, 5.74) is -20.5. The summed E-state index contributed by atoms with van der Waals surface area (Å²) >= 11 is 0. The molecular weight excluding hydrogens is 948 g/mol. The number of pyridine rings is 2. The van der Waals surface area contributed by atoms with E-state index < -0.39 is 163 Å². The van der Waals surface area contributed by atoms with Gasteiger partial charge in [0.2, 0.25) is 23.7 Å². The molecule has 69 heavy (non-hydrogen) atoms. The van der Waals surface area contributed by atoms with Gasteiger partial charge in [-0.2, -0.15) is 46.6 Å². The maximum atomic E-state index is 14.4. The molecule has 0 bridgehead atoms. The average Bonchev–Trinajstić information content (AvgIpc) is 3.25. The second-order valence-corrected chi connectivity index (χ2v) is 13.1. The third-order valence-electron chi connectivity index (χ3n) is 8.82. The van der Waals surface area contributed by atoms with Crippen LogP contribution >= 0.6 is 0 Å². The first-order chi connectivity index (χ1) is 32.2. The predicted octanol–water partition coefficient (Wildman–Crippen LogP) is 5.69. The number of carboxylic acid groups (broad SMARTS) is 4. The zero-order valence-electron chi connectivity index (χ0n) is 33.6. The van der Waals surface area contributed by atoms with Crippen LogP contribution in [0.5, 0.6) is 11.8 Å². The van der Waals surface area contributed by atoms with E-state index in [4.69, 9.17) is 6.57 Å². The number of aromatic nitrogens is 5. The molecule has 26 nitrogen and oxygen atoms in total. The maximum Gasteiger partial charge on any atom is 0.420 e. The first kappa shape index (κ1) is 49.9. The molecule has 5 aromatic rings. The molecule has 32 heteroatoms. The molecule has 354 valence electrons. The number of azo groups is 2. The van der Waals surface area contributed by atoms with Gasteiger partial charge in [-0.05, 0) is 43.3 Å². The summed E-state index contributed by atoms with van der Waals surface area (Å²) in [6, 6.07) is 5.33. The Morgan fingerprint density at radius 2 is 1.29 bits per heavy atom. The number of aromatic hydroxyl groups is 2. The first-order valence-electron chi connectivity index (χ1n) is 18.0. The van der Waals surface area contributed by atoms with Crippen molar-refractivity contribution in [3.8, 4) is 17.8 Å². The summed E-state index contributed by atoms with van der Waals surface area (Å²) in [7, 11) is 0. The monoisotopic (exact) mass is 969 g/mol. The minimum atomic E-state index is -5.64. The molecule has 0 saturated heterocycles. The molecule has 0 amide bonds. The molecule has 0 radical (unpaired) electrons. The molecule has 3 heterocycles. The van der Waals surface area contributed by atoms with Gasteiger partial charge in [-0.15, -0.1) is 20.5 Å².